The second-order valence-corrected chi connectivity index (χ2v) is 8.54. The molecular formula is C25H23FN2O4. The molecule has 1 N–H and O–H groups in total. The van der Waals surface area contributed by atoms with E-state index < -0.39 is 11.4 Å². The van der Waals surface area contributed by atoms with Crippen LogP contribution in [0.2, 0.25) is 0 Å². The fraction of sp³-hybridized carbons (Fsp3) is 0.280. The van der Waals surface area contributed by atoms with Crippen LogP contribution in [-0.2, 0) is 14.3 Å². The van der Waals surface area contributed by atoms with E-state index >= 15 is 0 Å². The Kier molecular flexibility index (Phi) is 4.86. The molecule has 6 nitrogen and oxygen atoms in total. The molecule has 3 aliphatic heterocycles. The first kappa shape index (κ1) is 20.5. The standard InChI is InChI=1S/C25H23FN2O4/c1-25(2)19(15-3-5-16(6-4-15)24(30)28-9-11-31-12-10-28)14-21(32-25)22-18-8-7-17(26)13-20(18)27-23(22)29/h3-8,13-14H,9-12H2,1-2H3,(H,27,29)/b22-21+. The lowest BCUT2D eigenvalue weighted by Crippen LogP contribution is -2.40. The maximum absolute atomic E-state index is 13.6. The zero-order valence-electron chi connectivity index (χ0n) is 17.9. The van der Waals surface area contributed by atoms with Gasteiger partial charge in [-0.3, -0.25) is 9.59 Å². The summed E-state index contributed by atoms with van der Waals surface area (Å²) in [7, 11) is 0. The summed E-state index contributed by atoms with van der Waals surface area (Å²) in [6, 6.07) is 11.6. The van der Waals surface area contributed by atoms with E-state index in [0.29, 0.717) is 54.4 Å². The Morgan fingerprint density at radius 1 is 1.09 bits per heavy atom. The number of allylic oxidation sites excluding steroid dienone is 1. The predicted molar refractivity (Wildman–Crippen MR) is 118 cm³/mol. The van der Waals surface area contributed by atoms with Crippen LogP contribution in [0.3, 0.4) is 0 Å². The summed E-state index contributed by atoms with van der Waals surface area (Å²) in [6.45, 7) is 6.16. The third-order valence-electron chi connectivity index (χ3n) is 6.00. The van der Waals surface area contributed by atoms with Crippen LogP contribution < -0.4 is 5.32 Å². The van der Waals surface area contributed by atoms with Gasteiger partial charge >= 0.3 is 0 Å². The quantitative estimate of drug-likeness (QED) is 0.729. The number of fused-ring (bicyclic) bond motifs is 1. The Labute approximate surface area is 185 Å². The van der Waals surface area contributed by atoms with Gasteiger partial charge in [-0.05, 0) is 55.8 Å². The lowest BCUT2D eigenvalue weighted by molar-refractivity contribution is -0.111. The SMILES string of the molecule is CC1(C)O/C(=C2/C(=O)Nc3cc(F)ccc32)C=C1c1ccc(C(=O)N2CCOCC2)cc1. The molecule has 3 heterocycles. The van der Waals surface area contributed by atoms with Crippen LogP contribution in [0.4, 0.5) is 10.1 Å². The van der Waals surface area contributed by atoms with E-state index in [2.05, 4.69) is 5.32 Å². The average Bonchev–Trinajstić information content (AvgIpc) is 3.28. The summed E-state index contributed by atoms with van der Waals surface area (Å²) >= 11 is 0. The second kappa shape index (κ2) is 7.60. The predicted octanol–water partition coefficient (Wildman–Crippen LogP) is 3.85. The Morgan fingerprint density at radius 2 is 1.81 bits per heavy atom. The number of hydrogen-bond donors (Lipinski definition) is 1. The number of nitrogens with one attached hydrogen (secondary N) is 1. The van der Waals surface area contributed by atoms with Crippen molar-refractivity contribution in [2.45, 2.75) is 19.4 Å². The minimum Gasteiger partial charge on any atom is -0.482 e. The smallest absolute Gasteiger partial charge is 0.260 e. The van der Waals surface area contributed by atoms with E-state index in [1.165, 1.54) is 12.1 Å². The number of morpholine rings is 1. The lowest BCUT2D eigenvalue weighted by Gasteiger charge is -2.27. The van der Waals surface area contributed by atoms with Gasteiger partial charge in [0.25, 0.3) is 11.8 Å². The summed E-state index contributed by atoms with van der Waals surface area (Å²) in [4.78, 5) is 27.1. The summed E-state index contributed by atoms with van der Waals surface area (Å²) < 4.78 is 25.1. The first-order valence-corrected chi connectivity index (χ1v) is 10.6. The zero-order valence-corrected chi connectivity index (χ0v) is 17.9. The number of benzene rings is 2. The Balaban J connectivity index is 1.47. The van der Waals surface area contributed by atoms with Crippen molar-refractivity contribution < 1.29 is 23.5 Å². The molecule has 2 aromatic carbocycles. The Morgan fingerprint density at radius 3 is 2.53 bits per heavy atom. The molecule has 0 saturated carbocycles. The number of carbonyl (C=O) groups is 2. The number of halogens is 1. The molecule has 7 heteroatoms. The summed E-state index contributed by atoms with van der Waals surface area (Å²) in [6.07, 6.45) is 1.85. The first-order chi connectivity index (χ1) is 15.3. The maximum atomic E-state index is 13.6. The van der Waals surface area contributed by atoms with Crippen molar-refractivity contribution in [3.63, 3.8) is 0 Å². The highest BCUT2D eigenvalue weighted by Gasteiger charge is 2.38. The van der Waals surface area contributed by atoms with Gasteiger partial charge in [-0.2, -0.15) is 0 Å². The fourth-order valence-electron chi connectivity index (χ4n) is 4.35. The molecule has 3 aliphatic rings. The molecule has 2 aromatic rings. The molecule has 0 aromatic heterocycles. The second-order valence-electron chi connectivity index (χ2n) is 8.54. The number of carbonyl (C=O) groups excluding carboxylic acids is 2. The molecule has 0 radical (unpaired) electrons. The van der Waals surface area contributed by atoms with Gasteiger partial charge in [-0.15, -0.1) is 0 Å². The average molecular weight is 434 g/mol. The topological polar surface area (TPSA) is 67.9 Å². The molecule has 1 saturated heterocycles. The number of nitrogens with zero attached hydrogens (tertiary/aromatic N) is 1. The summed E-state index contributed by atoms with van der Waals surface area (Å²) in [5.41, 5.74) is 3.19. The number of anilines is 1. The van der Waals surface area contributed by atoms with E-state index in [4.69, 9.17) is 9.47 Å². The molecular weight excluding hydrogens is 411 g/mol. The lowest BCUT2D eigenvalue weighted by atomic mass is 9.91. The van der Waals surface area contributed by atoms with Gasteiger partial charge in [0.15, 0.2) is 0 Å². The van der Waals surface area contributed by atoms with Crippen LogP contribution in [0.5, 0.6) is 0 Å². The van der Waals surface area contributed by atoms with E-state index in [-0.39, 0.29) is 11.8 Å². The van der Waals surface area contributed by atoms with Crippen LogP contribution in [0.15, 0.2) is 54.3 Å². The van der Waals surface area contributed by atoms with Crippen LogP contribution in [0.1, 0.15) is 35.3 Å². The third kappa shape index (κ3) is 3.48. The van der Waals surface area contributed by atoms with Crippen LogP contribution in [0, 0.1) is 5.82 Å². The van der Waals surface area contributed by atoms with Gasteiger partial charge in [-0.1, -0.05) is 12.1 Å². The van der Waals surface area contributed by atoms with Crippen molar-refractivity contribution in [2.75, 3.05) is 31.6 Å². The molecule has 32 heavy (non-hydrogen) atoms. The number of rotatable bonds is 2. The van der Waals surface area contributed by atoms with Gasteiger partial charge in [-0.25, -0.2) is 4.39 Å². The molecule has 164 valence electrons. The minimum absolute atomic E-state index is 0.00923. The molecule has 0 bridgehead atoms. The Hall–Kier alpha value is -3.45. The minimum atomic E-state index is -0.679. The van der Waals surface area contributed by atoms with E-state index in [1.54, 1.807) is 11.0 Å². The monoisotopic (exact) mass is 434 g/mol. The van der Waals surface area contributed by atoms with E-state index in [1.807, 2.05) is 44.2 Å². The van der Waals surface area contributed by atoms with Gasteiger partial charge in [0.1, 0.15) is 17.2 Å². The maximum Gasteiger partial charge on any atom is 0.260 e. The molecule has 0 aliphatic carbocycles. The van der Waals surface area contributed by atoms with E-state index in [9.17, 15) is 14.0 Å². The van der Waals surface area contributed by atoms with E-state index in [0.717, 1.165) is 11.1 Å². The largest absolute Gasteiger partial charge is 0.482 e. The number of ether oxygens (including phenoxy) is 2. The van der Waals surface area contributed by atoms with Crippen molar-refractivity contribution in [1.82, 2.24) is 4.90 Å². The zero-order chi connectivity index (χ0) is 22.5. The first-order valence-electron chi connectivity index (χ1n) is 10.6. The van der Waals surface area contributed by atoms with Crippen molar-refractivity contribution in [1.29, 1.82) is 0 Å². The van der Waals surface area contributed by atoms with Crippen molar-refractivity contribution in [2.24, 2.45) is 0 Å². The summed E-state index contributed by atoms with van der Waals surface area (Å²) in [5, 5.41) is 2.70. The van der Waals surface area contributed by atoms with Crippen LogP contribution >= 0.6 is 0 Å². The summed E-state index contributed by atoms with van der Waals surface area (Å²) in [5.74, 6) is -0.294. The normalized spacial score (nSPS) is 21.7. The molecule has 1 fully saturated rings. The highest BCUT2D eigenvalue weighted by molar-refractivity contribution is 6.32. The van der Waals surface area contributed by atoms with Gasteiger partial charge in [0, 0.05) is 29.8 Å². The van der Waals surface area contributed by atoms with Gasteiger partial charge < -0.3 is 19.7 Å². The highest BCUT2D eigenvalue weighted by Crippen LogP contribution is 2.44. The molecule has 0 unspecified atom stereocenters. The molecule has 0 atom stereocenters. The molecule has 2 amide bonds. The van der Waals surface area contributed by atoms with Crippen molar-refractivity contribution in [3.8, 4) is 0 Å². The van der Waals surface area contributed by atoms with Gasteiger partial charge in [0.2, 0.25) is 0 Å². The van der Waals surface area contributed by atoms with Crippen molar-refractivity contribution in [3.05, 3.63) is 76.8 Å². The fourth-order valence-corrected chi connectivity index (χ4v) is 4.35. The van der Waals surface area contributed by atoms with Gasteiger partial charge in [0.05, 0.1) is 24.5 Å². The number of hydrogen-bond acceptors (Lipinski definition) is 4. The molecule has 5 rings (SSSR count). The highest BCUT2D eigenvalue weighted by atomic mass is 19.1. The number of amides is 2. The van der Waals surface area contributed by atoms with Crippen LogP contribution in [0.25, 0.3) is 11.1 Å². The van der Waals surface area contributed by atoms with Crippen molar-refractivity contribution >= 4 is 28.6 Å². The third-order valence-corrected chi connectivity index (χ3v) is 6.00. The van der Waals surface area contributed by atoms with Crippen LogP contribution in [-0.4, -0.2) is 48.6 Å². The Bertz CT molecular complexity index is 1170. The molecule has 0 spiro atoms.